The lowest BCUT2D eigenvalue weighted by Gasteiger charge is -2.17. The average molecular weight is 218 g/mol. The van der Waals surface area contributed by atoms with Crippen LogP contribution in [0.2, 0.25) is 0 Å². The van der Waals surface area contributed by atoms with E-state index in [2.05, 4.69) is 42.3 Å². The second-order valence-corrected chi connectivity index (χ2v) is 4.64. The second-order valence-electron chi connectivity index (χ2n) is 4.64. The van der Waals surface area contributed by atoms with Crippen LogP contribution in [0.5, 0.6) is 0 Å². The molecule has 0 amide bonds. The molecule has 1 aromatic carbocycles. The molecule has 0 radical (unpaired) electrons. The van der Waals surface area contributed by atoms with Gasteiger partial charge in [-0.05, 0) is 44.1 Å². The minimum Gasteiger partial charge on any atom is -0.371 e. The number of nitrogens with one attached hydrogen (secondary N) is 1. The lowest BCUT2D eigenvalue weighted by atomic mass is 9.95. The van der Waals surface area contributed by atoms with Gasteiger partial charge in [-0.1, -0.05) is 19.1 Å². The quantitative estimate of drug-likeness (QED) is 0.835. The maximum absolute atomic E-state index is 3.23. The molecule has 2 heteroatoms. The van der Waals surface area contributed by atoms with Crippen molar-refractivity contribution in [3.63, 3.8) is 0 Å². The van der Waals surface area contributed by atoms with Crippen LogP contribution >= 0.6 is 0 Å². The lowest BCUT2D eigenvalue weighted by molar-refractivity contribution is 0.744. The van der Waals surface area contributed by atoms with Crippen molar-refractivity contribution < 1.29 is 0 Å². The van der Waals surface area contributed by atoms with Crippen molar-refractivity contribution in [3.8, 4) is 0 Å². The van der Waals surface area contributed by atoms with Crippen LogP contribution in [0.25, 0.3) is 0 Å². The molecule has 88 valence electrons. The van der Waals surface area contributed by atoms with E-state index in [9.17, 15) is 0 Å². The number of fused-ring (bicyclic) bond motifs is 1. The summed E-state index contributed by atoms with van der Waals surface area (Å²) < 4.78 is 0. The van der Waals surface area contributed by atoms with Crippen molar-refractivity contribution in [1.29, 1.82) is 0 Å². The molecule has 0 saturated carbocycles. The van der Waals surface area contributed by atoms with Crippen LogP contribution in [-0.2, 0) is 6.42 Å². The van der Waals surface area contributed by atoms with Gasteiger partial charge in [0.05, 0.1) is 0 Å². The minimum absolute atomic E-state index is 0.683. The highest BCUT2D eigenvalue weighted by Crippen LogP contribution is 2.38. The summed E-state index contributed by atoms with van der Waals surface area (Å²) in [7, 11) is 2.02. The monoisotopic (exact) mass is 218 g/mol. The molecule has 0 bridgehead atoms. The van der Waals surface area contributed by atoms with E-state index in [1.165, 1.54) is 17.8 Å². The normalized spacial score (nSPS) is 18.9. The van der Waals surface area contributed by atoms with Gasteiger partial charge < -0.3 is 10.2 Å². The predicted octanol–water partition coefficient (Wildman–Crippen LogP) is 2.39. The molecule has 16 heavy (non-hydrogen) atoms. The van der Waals surface area contributed by atoms with Gasteiger partial charge in [-0.2, -0.15) is 0 Å². The van der Waals surface area contributed by atoms with Gasteiger partial charge in [0.25, 0.3) is 0 Å². The van der Waals surface area contributed by atoms with E-state index in [0.717, 1.165) is 19.5 Å². The van der Waals surface area contributed by atoms with Crippen LogP contribution < -0.4 is 10.2 Å². The molecule has 1 aliphatic rings. The number of anilines is 1. The van der Waals surface area contributed by atoms with Crippen LogP contribution in [0.4, 0.5) is 5.69 Å². The average Bonchev–Trinajstić information content (AvgIpc) is 2.64. The molecular formula is C14H22N2. The molecular weight excluding hydrogens is 196 g/mol. The third-order valence-corrected chi connectivity index (χ3v) is 3.53. The second kappa shape index (κ2) is 4.88. The van der Waals surface area contributed by atoms with Crippen LogP contribution in [0.3, 0.4) is 0 Å². The van der Waals surface area contributed by atoms with Gasteiger partial charge in [0, 0.05) is 24.7 Å². The largest absolute Gasteiger partial charge is 0.371 e. The molecule has 0 aromatic heterocycles. The summed E-state index contributed by atoms with van der Waals surface area (Å²) in [4.78, 5) is 2.49. The van der Waals surface area contributed by atoms with Gasteiger partial charge in [-0.25, -0.2) is 0 Å². The summed E-state index contributed by atoms with van der Waals surface area (Å²) in [6.07, 6.45) is 1.14. The zero-order valence-electron chi connectivity index (χ0n) is 10.6. The number of rotatable bonds is 4. The van der Waals surface area contributed by atoms with Gasteiger partial charge in [-0.3, -0.25) is 0 Å². The van der Waals surface area contributed by atoms with Crippen molar-refractivity contribution in [2.45, 2.75) is 26.2 Å². The van der Waals surface area contributed by atoms with Crippen molar-refractivity contribution in [1.82, 2.24) is 5.32 Å². The number of hydrogen-bond donors (Lipinski definition) is 1. The summed E-state index contributed by atoms with van der Waals surface area (Å²) in [5.74, 6) is 0.683. The zero-order valence-corrected chi connectivity index (χ0v) is 10.6. The standard InChI is InChI=1S/C14H22N2/c1-4-16-10-11(2)14-12(8-9-15-3)6-5-7-13(14)16/h5-7,11,15H,4,8-10H2,1-3H3. The highest BCUT2D eigenvalue weighted by molar-refractivity contribution is 5.62. The van der Waals surface area contributed by atoms with E-state index >= 15 is 0 Å². The Bertz CT molecular complexity index is 360. The molecule has 1 N–H and O–H groups in total. The Kier molecular flexibility index (Phi) is 3.49. The molecule has 0 aliphatic carbocycles. The molecule has 1 aromatic rings. The van der Waals surface area contributed by atoms with Gasteiger partial charge in [-0.15, -0.1) is 0 Å². The van der Waals surface area contributed by atoms with E-state index in [-0.39, 0.29) is 0 Å². The number of hydrogen-bond acceptors (Lipinski definition) is 2. The van der Waals surface area contributed by atoms with Crippen LogP contribution in [0, 0.1) is 0 Å². The smallest absolute Gasteiger partial charge is 0.0405 e. The maximum Gasteiger partial charge on any atom is 0.0405 e. The fourth-order valence-electron chi connectivity index (χ4n) is 2.74. The Labute approximate surface area is 98.7 Å². The maximum atomic E-state index is 3.23. The van der Waals surface area contributed by atoms with Crippen molar-refractivity contribution >= 4 is 5.69 Å². The molecule has 2 rings (SSSR count). The molecule has 0 fully saturated rings. The Balaban J connectivity index is 2.32. The first-order valence-electron chi connectivity index (χ1n) is 6.29. The van der Waals surface area contributed by atoms with Crippen molar-refractivity contribution in [2.24, 2.45) is 0 Å². The molecule has 1 unspecified atom stereocenters. The summed E-state index contributed by atoms with van der Waals surface area (Å²) in [5, 5.41) is 3.23. The van der Waals surface area contributed by atoms with Crippen LogP contribution in [0.1, 0.15) is 30.9 Å². The van der Waals surface area contributed by atoms with Gasteiger partial charge in [0.1, 0.15) is 0 Å². The van der Waals surface area contributed by atoms with E-state index < -0.39 is 0 Å². The molecule has 1 heterocycles. The first-order chi connectivity index (χ1) is 7.77. The number of benzene rings is 1. The van der Waals surface area contributed by atoms with E-state index in [1.807, 2.05) is 7.05 Å². The topological polar surface area (TPSA) is 15.3 Å². The summed E-state index contributed by atoms with van der Waals surface area (Å²) in [6.45, 7) is 7.95. The third kappa shape index (κ3) is 1.94. The first kappa shape index (κ1) is 11.5. The van der Waals surface area contributed by atoms with Crippen LogP contribution in [-0.4, -0.2) is 26.7 Å². The molecule has 0 saturated heterocycles. The Morgan fingerprint density at radius 2 is 2.25 bits per heavy atom. The minimum atomic E-state index is 0.683. The Morgan fingerprint density at radius 3 is 2.94 bits per heavy atom. The first-order valence-corrected chi connectivity index (χ1v) is 6.29. The number of nitrogens with zero attached hydrogens (tertiary/aromatic N) is 1. The lowest BCUT2D eigenvalue weighted by Crippen LogP contribution is -2.20. The molecule has 0 spiro atoms. The van der Waals surface area contributed by atoms with Gasteiger partial charge in [0.2, 0.25) is 0 Å². The third-order valence-electron chi connectivity index (χ3n) is 3.53. The Morgan fingerprint density at radius 1 is 1.44 bits per heavy atom. The van der Waals surface area contributed by atoms with E-state index in [4.69, 9.17) is 0 Å². The molecule has 1 atom stereocenters. The van der Waals surface area contributed by atoms with Crippen molar-refractivity contribution in [2.75, 3.05) is 31.6 Å². The highest BCUT2D eigenvalue weighted by atomic mass is 15.1. The van der Waals surface area contributed by atoms with Crippen molar-refractivity contribution in [3.05, 3.63) is 29.3 Å². The zero-order chi connectivity index (χ0) is 11.5. The van der Waals surface area contributed by atoms with Gasteiger partial charge >= 0.3 is 0 Å². The number of likely N-dealkylation sites (N-methyl/N-ethyl adjacent to an activating group) is 2. The molecule has 1 aliphatic heterocycles. The summed E-state index contributed by atoms with van der Waals surface area (Å²) in [5.41, 5.74) is 4.57. The SMILES string of the molecule is CCN1CC(C)c2c(CCNC)cccc21. The fourth-order valence-corrected chi connectivity index (χ4v) is 2.74. The van der Waals surface area contributed by atoms with Gasteiger partial charge in [0.15, 0.2) is 0 Å². The predicted molar refractivity (Wildman–Crippen MR) is 70.4 cm³/mol. The molecule has 2 nitrogen and oxygen atoms in total. The van der Waals surface area contributed by atoms with E-state index in [1.54, 1.807) is 5.56 Å². The summed E-state index contributed by atoms with van der Waals surface area (Å²) in [6, 6.07) is 6.75. The van der Waals surface area contributed by atoms with Crippen LogP contribution in [0.15, 0.2) is 18.2 Å². The highest BCUT2D eigenvalue weighted by Gasteiger charge is 2.26. The Hall–Kier alpha value is -1.02. The fraction of sp³-hybridized carbons (Fsp3) is 0.571. The summed E-state index contributed by atoms with van der Waals surface area (Å²) >= 11 is 0. The van der Waals surface area contributed by atoms with E-state index in [0.29, 0.717) is 5.92 Å².